The molecule has 0 aromatic carbocycles. The number of hydrogen-bond acceptors (Lipinski definition) is 4. The van der Waals surface area contributed by atoms with Crippen molar-refractivity contribution in [3.63, 3.8) is 0 Å². The van der Waals surface area contributed by atoms with Gasteiger partial charge < -0.3 is 10.2 Å². The van der Waals surface area contributed by atoms with Gasteiger partial charge in [-0.3, -0.25) is 9.59 Å². The summed E-state index contributed by atoms with van der Waals surface area (Å²) in [4.78, 5) is 31.3. The molecule has 2 amide bonds. The first-order chi connectivity index (χ1) is 9.87. The Morgan fingerprint density at radius 2 is 2.19 bits per heavy atom. The van der Waals surface area contributed by atoms with Gasteiger partial charge in [0.05, 0.1) is 6.54 Å². The van der Waals surface area contributed by atoms with E-state index in [0.29, 0.717) is 25.3 Å². The van der Waals surface area contributed by atoms with Crippen molar-refractivity contribution in [2.45, 2.75) is 58.7 Å². The van der Waals surface area contributed by atoms with Crippen LogP contribution >= 0.6 is 11.3 Å². The fraction of sp³-hybridized carbons (Fsp3) is 0.667. The standard InChI is InChI=1S/C15H23N3O2S/c1-5-15(4)14(20)18(9-12-16-6-7-21-12)11(8-10(2)3)13(19)17-15/h6-7,10-11H,5,8-9H2,1-4H3,(H,17,19). The van der Waals surface area contributed by atoms with Crippen LogP contribution in [0, 0.1) is 5.92 Å². The van der Waals surface area contributed by atoms with Gasteiger partial charge in [0.15, 0.2) is 0 Å². The predicted molar refractivity (Wildman–Crippen MR) is 82.7 cm³/mol. The van der Waals surface area contributed by atoms with Crippen molar-refractivity contribution >= 4 is 23.2 Å². The molecule has 21 heavy (non-hydrogen) atoms. The molecular formula is C15H23N3O2S. The second-order valence-corrected chi connectivity index (χ2v) is 7.16. The van der Waals surface area contributed by atoms with E-state index < -0.39 is 11.6 Å². The Labute approximate surface area is 129 Å². The van der Waals surface area contributed by atoms with E-state index in [4.69, 9.17) is 0 Å². The Morgan fingerprint density at radius 1 is 1.48 bits per heavy atom. The highest BCUT2D eigenvalue weighted by Gasteiger charge is 2.47. The summed E-state index contributed by atoms with van der Waals surface area (Å²) in [7, 11) is 0. The number of thiazole rings is 1. The summed E-state index contributed by atoms with van der Waals surface area (Å²) >= 11 is 1.51. The van der Waals surface area contributed by atoms with E-state index in [2.05, 4.69) is 24.1 Å². The molecule has 6 heteroatoms. The minimum atomic E-state index is -0.804. The third kappa shape index (κ3) is 3.26. The quantitative estimate of drug-likeness (QED) is 0.907. The van der Waals surface area contributed by atoms with E-state index in [9.17, 15) is 9.59 Å². The lowest BCUT2D eigenvalue weighted by atomic mass is 9.89. The molecule has 1 aliphatic heterocycles. The van der Waals surface area contributed by atoms with Crippen LogP contribution in [0.4, 0.5) is 0 Å². The first-order valence-corrected chi connectivity index (χ1v) is 8.26. The van der Waals surface area contributed by atoms with Crippen molar-refractivity contribution in [3.05, 3.63) is 16.6 Å². The van der Waals surface area contributed by atoms with E-state index in [-0.39, 0.29) is 11.8 Å². The number of nitrogens with one attached hydrogen (secondary N) is 1. The molecule has 0 aliphatic carbocycles. The Morgan fingerprint density at radius 3 is 2.71 bits per heavy atom. The molecule has 0 spiro atoms. The van der Waals surface area contributed by atoms with Crippen LogP contribution in [-0.4, -0.2) is 33.3 Å². The molecule has 2 atom stereocenters. The first-order valence-electron chi connectivity index (χ1n) is 7.39. The largest absolute Gasteiger partial charge is 0.340 e. The Balaban J connectivity index is 2.30. The lowest BCUT2D eigenvalue weighted by Crippen LogP contribution is -2.68. The van der Waals surface area contributed by atoms with Crippen LogP contribution in [0.5, 0.6) is 0 Å². The molecule has 116 valence electrons. The average molecular weight is 309 g/mol. The molecule has 2 rings (SSSR count). The third-order valence-corrected chi connectivity index (χ3v) is 4.77. The van der Waals surface area contributed by atoms with Crippen LogP contribution in [0.1, 0.15) is 45.5 Å². The molecule has 1 N–H and O–H groups in total. The van der Waals surface area contributed by atoms with Gasteiger partial charge in [-0.25, -0.2) is 4.98 Å². The SMILES string of the molecule is CCC1(C)NC(=O)C(CC(C)C)N(Cc2nccs2)C1=O. The summed E-state index contributed by atoms with van der Waals surface area (Å²) in [6, 6.07) is -0.402. The Hall–Kier alpha value is -1.43. The number of piperazine rings is 1. The molecular weight excluding hydrogens is 286 g/mol. The van der Waals surface area contributed by atoms with Gasteiger partial charge in [0.2, 0.25) is 11.8 Å². The molecule has 0 radical (unpaired) electrons. The van der Waals surface area contributed by atoms with E-state index >= 15 is 0 Å². The zero-order chi connectivity index (χ0) is 15.6. The van der Waals surface area contributed by atoms with Crippen LogP contribution in [0.15, 0.2) is 11.6 Å². The van der Waals surface area contributed by atoms with Crippen molar-refractivity contribution in [2.75, 3.05) is 0 Å². The third-order valence-electron chi connectivity index (χ3n) is 4.00. The molecule has 0 bridgehead atoms. The number of nitrogens with zero attached hydrogens (tertiary/aromatic N) is 2. The van der Waals surface area contributed by atoms with Crippen LogP contribution in [0.2, 0.25) is 0 Å². The molecule has 1 aliphatic rings. The second kappa shape index (κ2) is 6.13. The molecule has 1 aromatic rings. The maximum absolute atomic E-state index is 12.8. The number of carbonyl (C=O) groups is 2. The molecule has 1 aromatic heterocycles. The monoisotopic (exact) mass is 309 g/mol. The van der Waals surface area contributed by atoms with E-state index in [1.165, 1.54) is 11.3 Å². The summed E-state index contributed by atoms with van der Waals surface area (Å²) in [5, 5.41) is 5.67. The molecule has 1 fully saturated rings. The van der Waals surface area contributed by atoms with Crippen molar-refractivity contribution in [1.29, 1.82) is 0 Å². The average Bonchev–Trinajstić information content (AvgIpc) is 2.92. The minimum Gasteiger partial charge on any atom is -0.340 e. The number of hydrogen-bond donors (Lipinski definition) is 1. The maximum atomic E-state index is 12.8. The van der Waals surface area contributed by atoms with Crippen LogP contribution < -0.4 is 5.32 Å². The fourth-order valence-electron chi connectivity index (χ4n) is 2.59. The number of carbonyl (C=O) groups excluding carboxylic acids is 2. The fourth-order valence-corrected chi connectivity index (χ4v) is 3.20. The molecule has 1 saturated heterocycles. The summed E-state index contributed by atoms with van der Waals surface area (Å²) in [5.41, 5.74) is -0.804. The molecule has 2 unspecified atom stereocenters. The zero-order valence-corrected chi connectivity index (χ0v) is 13.9. The van der Waals surface area contributed by atoms with Gasteiger partial charge in [-0.05, 0) is 25.7 Å². The van der Waals surface area contributed by atoms with Gasteiger partial charge in [-0.1, -0.05) is 20.8 Å². The Bertz CT molecular complexity index is 515. The number of amides is 2. The lowest BCUT2D eigenvalue weighted by molar-refractivity contribution is -0.155. The van der Waals surface area contributed by atoms with E-state index in [1.807, 2.05) is 12.3 Å². The maximum Gasteiger partial charge on any atom is 0.249 e. The van der Waals surface area contributed by atoms with Gasteiger partial charge in [0.1, 0.15) is 16.6 Å². The van der Waals surface area contributed by atoms with Gasteiger partial charge in [0.25, 0.3) is 0 Å². The highest BCUT2D eigenvalue weighted by Crippen LogP contribution is 2.26. The second-order valence-electron chi connectivity index (χ2n) is 6.18. The molecule has 0 saturated carbocycles. The number of aromatic nitrogens is 1. The van der Waals surface area contributed by atoms with Crippen molar-refractivity contribution in [3.8, 4) is 0 Å². The van der Waals surface area contributed by atoms with Crippen molar-refractivity contribution in [2.24, 2.45) is 5.92 Å². The summed E-state index contributed by atoms with van der Waals surface area (Å²) in [6.45, 7) is 8.26. The van der Waals surface area contributed by atoms with Gasteiger partial charge in [0, 0.05) is 11.6 Å². The highest BCUT2D eigenvalue weighted by molar-refractivity contribution is 7.09. The van der Waals surface area contributed by atoms with Crippen LogP contribution in [0.3, 0.4) is 0 Å². The Kier molecular flexibility index (Phi) is 4.66. The van der Waals surface area contributed by atoms with Gasteiger partial charge in [-0.2, -0.15) is 0 Å². The first kappa shape index (κ1) is 15.9. The summed E-state index contributed by atoms with van der Waals surface area (Å²) in [6.07, 6.45) is 2.98. The lowest BCUT2D eigenvalue weighted by Gasteiger charge is -2.44. The van der Waals surface area contributed by atoms with Crippen LogP contribution in [0.25, 0.3) is 0 Å². The molecule has 5 nitrogen and oxygen atoms in total. The van der Waals surface area contributed by atoms with Crippen molar-refractivity contribution in [1.82, 2.24) is 15.2 Å². The van der Waals surface area contributed by atoms with E-state index in [1.54, 1.807) is 18.0 Å². The number of rotatable bonds is 5. The zero-order valence-electron chi connectivity index (χ0n) is 13.0. The van der Waals surface area contributed by atoms with Gasteiger partial charge >= 0.3 is 0 Å². The highest BCUT2D eigenvalue weighted by atomic mass is 32.1. The topological polar surface area (TPSA) is 62.3 Å². The predicted octanol–water partition coefficient (Wildman–Crippen LogP) is 2.18. The normalized spacial score (nSPS) is 26.3. The minimum absolute atomic E-state index is 0.00884. The molecule has 2 heterocycles. The summed E-state index contributed by atoms with van der Waals surface area (Å²) in [5.74, 6) is 0.285. The smallest absolute Gasteiger partial charge is 0.249 e. The van der Waals surface area contributed by atoms with Crippen LogP contribution in [-0.2, 0) is 16.1 Å². The van der Waals surface area contributed by atoms with Crippen molar-refractivity contribution < 1.29 is 9.59 Å². The van der Waals surface area contributed by atoms with Gasteiger partial charge in [-0.15, -0.1) is 11.3 Å². The van der Waals surface area contributed by atoms with E-state index in [0.717, 1.165) is 5.01 Å². The summed E-state index contributed by atoms with van der Waals surface area (Å²) < 4.78 is 0.